The highest BCUT2D eigenvalue weighted by atomic mass is 16.3. The molecule has 5 rings (SSSR count). The third kappa shape index (κ3) is 2.55. The van der Waals surface area contributed by atoms with Gasteiger partial charge in [0.05, 0.1) is 35.4 Å². The highest BCUT2D eigenvalue weighted by molar-refractivity contribution is 5.86. The summed E-state index contributed by atoms with van der Waals surface area (Å²) >= 11 is 0. The number of rotatable bonds is 3. The molecule has 0 amide bonds. The van der Waals surface area contributed by atoms with Crippen LogP contribution in [0.3, 0.4) is 0 Å². The number of fused-ring (bicyclic) bond motifs is 4. The van der Waals surface area contributed by atoms with E-state index in [1.165, 1.54) is 10.6 Å². The Labute approximate surface area is 161 Å². The summed E-state index contributed by atoms with van der Waals surface area (Å²) in [5.41, 5.74) is -0.265. The van der Waals surface area contributed by atoms with Crippen LogP contribution < -0.4 is 16.3 Å². The van der Waals surface area contributed by atoms with E-state index < -0.39 is 5.43 Å². The number of benzene rings is 1. The highest BCUT2D eigenvalue weighted by Gasteiger charge is 2.18. The van der Waals surface area contributed by atoms with Gasteiger partial charge in [-0.3, -0.25) is 14.0 Å². The summed E-state index contributed by atoms with van der Waals surface area (Å²) in [6.45, 7) is 0.323. The Morgan fingerprint density at radius 1 is 1.21 bits per heavy atom. The third-order valence-electron chi connectivity index (χ3n) is 4.64. The van der Waals surface area contributed by atoms with Gasteiger partial charge in [-0.1, -0.05) is 12.1 Å². The summed E-state index contributed by atoms with van der Waals surface area (Å²) in [6.07, 6.45) is 2.94. The molecule has 1 aromatic carbocycles. The van der Waals surface area contributed by atoms with Crippen molar-refractivity contribution in [3.63, 3.8) is 0 Å². The first-order chi connectivity index (χ1) is 14.2. The summed E-state index contributed by atoms with van der Waals surface area (Å²) in [5, 5.41) is 13.0. The molecule has 4 heterocycles. The number of nitrogens with one attached hydrogen (secondary N) is 2. The van der Waals surface area contributed by atoms with E-state index in [-0.39, 0.29) is 33.8 Å². The van der Waals surface area contributed by atoms with Crippen molar-refractivity contribution in [2.24, 2.45) is 0 Å². The predicted octanol–water partition coefficient (Wildman–Crippen LogP) is 2.16. The zero-order chi connectivity index (χ0) is 20.0. The molecule has 0 fully saturated rings. The minimum atomic E-state index is -0.572. The van der Waals surface area contributed by atoms with E-state index in [1.54, 1.807) is 42.7 Å². The normalized spacial score (nSPS) is 11.1. The zero-order valence-electron chi connectivity index (χ0n) is 14.8. The second kappa shape index (κ2) is 6.31. The van der Waals surface area contributed by atoms with Crippen molar-refractivity contribution in [2.45, 2.75) is 6.54 Å². The van der Waals surface area contributed by atoms with Gasteiger partial charge in [0.15, 0.2) is 0 Å². The molecular weight excluding hydrogens is 372 g/mol. The molecule has 29 heavy (non-hydrogen) atoms. The number of anilines is 1. The molecule has 5 aromatic rings. The Bertz CT molecular complexity index is 1560. The summed E-state index contributed by atoms with van der Waals surface area (Å²) in [7, 11) is 0. The summed E-state index contributed by atoms with van der Waals surface area (Å²) in [5.74, 6) is 0.858. The van der Waals surface area contributed by atoms with Gasteiger partial charge in [0.1, 0.15) is 28.6 Å². The van der Waals surface area contributed by atoms with Crippen molar-refractivity contribution < 1.29 is 4.42 Å². The number of hydrogen-bond acceptors (Lipinski definition) is 7. The molecule has 0 bridgehead atoms. The van der Waals surface area contributed by atoms with E-state index in [2.05, 4.69) is 20.3 Å². The first-order valence-corrected chi connectivity index (χ1v) is 8.70. The lowest BCUT2D eigenvalue weighted by molar-refractivity contribution is 0.517. The molecule has 9 nitrogen and oxygen atoms in total. The number of aromatic nitrogens is 4. The first-order valence-electron chi connectivity index (χ1n) is 8.70. The second-order valence-electron chi connectivity index (χ2n) is 6.34. The van der Waals surface area contributed by atoms with E-state index in [0.717, 1.165) is 0 Å². The van der Waals surface area contributed by atoms with Crippen molar-refractivity contribution in [3.8, 4) is 6.07 Å². The van der Waals surface area contributed by atoms with Crippen LogP contribution in [-0.2, 0) is 6.54 Å². The molecule has 9 heteroatoms. The van der Waals surface area contributed by atoms with Gasteiger partial charge in [-0.05, 0) is 24.3 Å². The van der Waals surface area contributed by atoms with Crippen molar-refractivity contribution in [3.05, 3.63) is 80.8 Å². The predicted molar refractivity (Wildman–Crippen MR) is 106 cm³/mol. The molecule has 0 aliphatic heterocycles. The molecule has 140 valence electrons. The number of aromatic amines is 1. The van der Waals surface area contributed by atoms with E-state index in [9.17, 15) is 14.9 Å². The number of pyridine rings is 1. The van der Waals surface area contributed by atoms with E-state index in [0.29, 0.717) is 23.2 Å². The average Bonchev–Trinajstić information content (AvgIpc) is 3.26. The number of nitriles is 1. The van der Waals surface area contributed by atoms with Crippen molar-refractivity contribution in [1.82, 2.24) is 19.4 Å². The summed E-state index contributed by atoms with van der Waals surface area (Å²) in [6, 6.07) is 12.3. The topological polar surface area (TPSA) is 129 Å². The van der Waals surface area contributed by atoms with Crippen LogP contribution in [0.5, 0.6) is 0 Å². The zero-order valence-corrected chi connectivity index (χ0v) is 14.8. The lowest BCUT2D eigenvalue weighted by atomic mass is 10.2. The fraction of sp³-hybridized carbons (Fsp3) is 0.0500. The maximum absolute atomic E-state index is 13.1. The highest BCUT2D eigenvalue weighted by Crippen LogP contribution is 2.16. The molecule has 0 unspecified atom stereocenters. The largest absolute Gasteiger partial charge is 0.467 e. The average molecular weight is 384 g/mol. The lowest BCUT2D eigenvalue weighted by Crippen LogP contribution is -2.23. The van der Waals surface area contributed by atoms with Crippen LogP contribution in [0.4, 0.5) is 5.95 Å². The van der Waals surface area contributed by atoms with Gasteiger partial charge >= 0.3 is 0 Å². The molecule has 0 aliphatic carbocycles. The minimum absolute atomic E-state index is 0.0169. The Morgan fingerprint density at radius 3 is 2.86 bits per heavy atom. The molecule has 0 atom stereocenters. The van der Waals surface area contributed by atoms with Gasteiger partial charge in [0.25, 0.3) is 5.56 Å². The SMILES string of the molecule is N#Cc1c(=O)c2nc(NCc3ccco3)ncc2n2c(=O)c3ccccc3[nH]c12. The molecule has 2 N–H and O–H groups in total. The van der Waals surface area contributed by atoms with Crippen LogP contribution in [0.25, 0.3) is 27.6 Å². The van der Waals surface area contributed by atoms with Crippen LogP contribution in [0, 0.1) is 11.3 Å². The standard InChI is InChI=1S/C20H12N6O3/c21-8-13-17(27)16-15(10-23-20(25-16)22-9-11-4-3-7-29-11)26-18(13)24-14-6-2-1-5-12(14)19(26)28/h1-7,10,24H,9H2,(H,22,23,25). The number of H-pyrrole nitrogens is 1. The van der Waals surface area contributed by atoms with Crippen LogP contribution in [-0.4, -0.2) is 19.4 Å². The Kier molecular flexibility index (Phi) is 3.64. The number of furan rings is 1. The number of nitrogens with zero attached hydrogens (tertiary/aromatic N) is 4. The monoisotopic (exact) mass is 384 g/mol. The van der Waals surface area contributed by atoms with Crippen LogP contribution in [0.15, 0.2) is 62.9 Å². The van der Waals surface area contributed by atoms with Gasteiger partial charge in [0, 0.05) is 0 Å². The molecule has 0 aliphatic rings. The quantitative estimate of drug-likeness (QED) is 0.360. The van der Waals surface area contributed by atoms with Crippen molar-refractivity contribution >= 4 is 33.5 Å². The number of hydrogen-bond donors (Lipinski definition) is 2. The van der Waals surface area contributed by atoms with Gasteiger partial charge in [-0.2, -0.15) is 5.26 Å². The summed E-state index contributed by atoms with van der Waals surface area (Å²) < 4.78 is 6.52. The van der Waals surface area contributed by atoms with E-state index in [1.807, 2.05) is 6.07 Å². The Hall–Kier alpha value is -4.45. The second-order valence-corrected chi connectivity index (χ2v) is 6.34. The molecule has 0 saturated carbocycles. The minimum Gasteiger partial charge on any atom is -0.467 e. The molecular formula is C20H12N6O3. The maximum Gasteiger partial charge on any atom is 0.266 e. The van der Waals surface area contributed by atoms with E-state index >= 15 is 0 Å². The fourth-order valence-electron chi connectivity index (χ4n) is 3.29. The van der Waals surface area contributed by atoms with E-state index in [4.69, 9.17) is 4.42 Å². The van der Waals surface area contributed by atoms with Crippen molar-refractivity contribution in [2.75, 3.05) is 5.32 Å². The van der Waals surface area contributed by atoms with Gasteiger partial charge in [-0.25, -0.2) is 9.97 Å². The molecule has 0 saturated heterocycles. The first kappa shape index (κ1) is 16.7. The molecule has 4 aromatic heterocycles. The lowest BCUT2D eigenvalue weighted by Gasteiger charge is -2.10. The fourth-order valence-corrected chi connectivity index (χ4v) is 3.29. The third-order valence-corrected chi connectivity index (χ3v) is 4.64. The smallest absolute Gasteiger partial charge is 0.266 e. The Morgan fingerprint density at radius 2 is 2.07 bits per heavy atom. The molecule has 0 radical (unpaired) electrons. The van der Waals surface area contributed by atoms with Crippen molar-refractivity contribution in [1.29, 1.82) is 5.26 Å². The summed E-state index contributed by atoms with van der Waals surface area (Å²) in [4.78, 5) is 37.5. The number of para-hydroxylation sites is 1. The van der Waals surface area contributed by atoms with Gasteiger partial charge in [0.2, 0.25) is 11.4 Å². The van der Waals surface area contributed by atoms with Crippen LogP contribution in [0.2, 0.25) is 0 Å². The van der Waals surface area contributed by atoms with Gasteiger partial charge in [-0.15, -0.1) is 0 Å². The van der Waals surface area contributed by atoms with Crippen LogP contribution >= 0.6 is 0 Å². The maximum atomic E-state index is 13.1. The Balaban J connectivity index is 1.80. The van der Waals surface area contributed by atoms with Crippen LogP contribution in [0.1, 0.15) is 11.3 Å². The molecule has 0 spiro atoms. The van der Waals surface area contributed by atoms with Gasteiger partial charge < -0.3 is 14.7 Å².